The predicted molar refractivity (Wildman–Crippen MR) is 69.7 cm³/mol. The quantitative estimate of drug-likeness (QED) is 0.911. The van der Waals surface area contributed by atoms with Crippen LogP contribution in [0.15, 0.2) is 42.5 Å². The van der Waals surface area contributed by atoms with Gasteiger partial charge in [-0.2, -0.15) is 5.26 Å². The summed E-state index contributed by atoms with van der Waals surface area (Å²) in [7, 11) is 0. The first-order valence-electron chi connectivity index (χ1n) is 5.86. The second-order valence-corrected chi connectivity index (χ2v) is 4.15. The van der Waals surface area contributed by atoms with Crippen LogP contribution in [0.1, 0.15) is 11.1 Å². The third-order valence-corrected chi connectivity index (χ3v) is 2.66. The Balaban J connectivity index is 1.94. The Labute approximate surface area is 110 Å². The molecule has 0 aliphatic rings. The predicted octanol–water partition coefficient (Wildman–Crippen LogP) is 3.49. The zero-order valence-corrected chi connectivity index (χ0v) is 10.2. The summed E-state index contributed by atoms with van der Waals surface area (Å²) in [5.74, 6) is -1.14. The highest BCUT2D eigenvalue weighted by Crippen LogP contribution is 2.11. The third-order valence-electron chi connectivity index (χ3n) is 2.66. The molecule has 0 saturated heterocycles. The van der Waals surface area contributed by atoms with Crippen molar-refractivity contribution < 1.29 is 8.78 Å². The maximum absolute atomic E-state index is 13.0. The lowest BCUT2D eigenvalue weighted by molar-refractivity contribution is 0.580. The van der Waals surface area contributed by atoms with Gasteiger partial charge >= 0.3 is 0 Å². The molecule has 0 aliphatic heterocycles. The minimum Gasteiger partial charge on any atom is -0.385 e. The number of halogens is 2. The lowest BCUT2D eigenvalue weighted by atomic mass is 10.1. The van der Waals surface area contributed by atoms with Gasteiger partial charge in [0.05, 0.1) is 11.6 Å². The SMILES string of the molecule is N#Cc1cccc(NCCc2cc(F)cc(F)c2)c1. The summed E-state index contributed by atoms with van der Waals surface area (Å²) in [4.78, 5) is 0. The molecule has 0 heterocycles. The highest BCUT2D eigenvalue weighted by Gasteiger charge is 2.01. The second-order valence-electron chi connectivity index (χ2n) is 4.15. The van der Waals surface area contributed by atoms with Crippen LogP contribution in [0.3, 0.4) is 0 Å². The van der Waals surface area contributed by atoms with Crippen LogP contribution in [0.25, 0.3) is 0 Å². The van der Waals surface area contributed by atoms with Crippen LogP contribution in [0.5, 0.6) is 0 Å². The van der Waals surface area contributed by atoms with Crippen molar-refractivity contribution in [3.8, 4) is 6.07 Å². The highest BCUT2D eigenvalue weighted by molar-refractivity contribution is 5.49. The molecule has 4 heteroatoms. The molecule has 2 aromatic rings. The zero-order chi connectivity index (χ0) is 13.7. The van der Waals surface area contributed by atoms with Crippen LogP contribution in [-0.2, 0) is 6.42 Å². The fourth-order valence-corrected chi connectivity index (χ4v) is 1.81. The van der Waals surface area contributed by atoms with E-state index in [2.05, 4.69) is 11.4 Å². The van der Waals surface area contributed by atoms with Gasteiger partial charge in [-0.3, -0.25) is 0 Å². The standard InChI is InChI=1S/C15H12F2N2/c16-13-6-11(7-14(17)9-13)4-5-19-15-3-1-2-12(8-15)10-18/h1-3,6-9,19H,4-5H2. The Kier molecular flexibility index (Phi) is 4.09. The van der Waals surface area contributed by atoms with Gasteiger partial charge in [-0.15, -0.1) is 0 Å². The minimum atomic E-state index is -0.568. The number of hydrogen-bond donors (Lipinski definition) is 1. The maximum atomic E-state index is 13.0. The molecule has 96 valence electrons. The second kappa shape index (κ2) is 5.96. The van der Waals surface area contributed by atoms with Crippen molar-refractivity contribution in [3.05, 3.63) is 65.2 Å². The van der Waals surface area contributed by atoms with Crippen molar-refractivity contribution in [1.29, 1.82) is 5.26 Å². The molecule has 2 aromatic carbocycles. The summed E-state index contributed by atoms with van der Waals surface area (Å²) in [6.07, 6.45) is 0.505. The van der Waals surface area contributed by atoms with E-state index in [4.69, 9.17) is 5.26 Å². The van der Waals surface area contributed by atoms with Gasteiger partial charge in [-0.1, -0.05) is 6.07 Å². The average molecular weight is 258 g/mol. The smallest absolute Gasteiger partial charge is 0.126 e. The molecular formula is C15H12F2N2. The van der Waals surface area contributed by atoms with Gasteiger partial charge in [0.1, 0.15) is 11.6 Å². The van der Waals surface area contributed by atoms with Crippen LogP contribution >= 0.6 is 0 Å². The maximum Gasteiger partial charge on any atom is 0.126 e. The molecule has 0 atom stereocenters. The fraction of sp³-hybridized carbons (Fsp3) is 0.133. The minimum absolute atomic E-state index is 0.505. The molecule has 0 saturated carbocycles. The van der Waals surface area contributed by atoms with E-state index < -0.39 is 11.6 Å². The monoisotopic (exact) mass is 258 g/mol. The Morgan fingerprint density at radius 3 is 2.47 bits per heavy atom. The molecule has 0 aromatic heterocycles. The van der Waals surface area contributed by atoms with E-state index in [1.807, 2.05) is 6.07 Å². The fourth-order valence-electron chi connectivity index (χ4n) is 1.81. The van der Waals surface area contributed by atoms with Gasteiger partial charge in [0.2, 0.25) is 0 Å². The molecule has 0 unspecified atom stereocenters. The molecule has 0 bridgehead atoms. The van der Waals surface area contributed by atoms with Gasteiger partial charge in [-0.25, -0.2) is 8.78 Å². The summed E-state index contributed by atoms with van der Waals surface area (Å²) in [5.41, 5.74) is 1.99. The molecule has 1 N–H and O–H groups in total. The molecule has 19 heavy (non-hydrogen) atoms. The summed E-state index contributed by atoms with van der Waals surface area (Å²) in [5, 5.41) is 11.9. The number of nitrogens with one attached hydrogen (secondary N) is 1. The summed E-state index contributed by atoms with van der Waals surface area (Å²) in [6.45, 7) is 0.539. The normalized spacial score (nSPS) is 9.95. The number of anilines is 1. The Hall–Kier alpha value is -2.41. The van der Waals surface area contributed by atoms with E-state index in [9.17, 15) is 8.78 Å². The van der Waals surface area contributed by atoms with Gasteiger partial charge < -0.3 is 5.32 Å². The van der Waals surface area contributed by atoms with Crippen LogP contribution in [0.2, 0.25) is 0 Å². The van der Waals surface area contributed by atoms with Crippen LogP contribution in [0, 0.1) is 23.0 Å². The van der Waals surface area contributed by atoms with E-state index in [-0.39, 0.29) is 0 Å². The molecule has 0 fully saturated rings. The molecular weight excluding hydrogens is 246 g/mol. The molecule has 0 spiro atoms. The lowest BCUT2D eigenvalue weighted by Gasteiger charge is -2.07. The van der Waals surface area contributed by atoms with Crippen LogP contribution in [-0.4, -0.2) is 6.54 Å². The van der Waals surface area contributed by atoms with Crippen LogP contribution in [0.4, 0.5) is 14.5 Å². The molecule has 0 radical (unpaired) electrons. The first-order valence-corrected chi connectivity index (χ1v) is 5.86. The third kappa shape index (κ3) is 3.78. The van der Waals surface area contributed by atoms with Crippen molar-refractivity contribution in [2.45, 2.75) is 6.42 Å². The Bertz CT molecular complexity index is 598. The van der Waals surface area contributed by atoms with E-state index in [0.717, 1.165) is 11.8 Å². The number of hydrogen-bond acceptors (Lipinski definition) is 2. The Morgan fingerprint density at radius 1 is 1.05 bits per heavy atom. The number of nitriles is 1. The number of benzene rings is 2. The topological polar surface area (TPSA) is 35.8 Å². The number of nitrogens with zero attached hydrogens (tertiary/aromatic N) is 1. The number of rotatable bonds is 4. The molecule has 2 rings (SSSR count). The highest BCUT2D eigenvalue weighted by atomic mass is 19.1. The van der Waals surface area contributed by atoms with E-state index in [1.165, 1.54) is 12.1 Å². The van der Waals surface area contributed by atoms with E-state index in [1.54, 1.807) is 18.2 Å². The van der Waals surface area contributed by atoms with Crippen molar-refractivity contribution in [2.24, 2.45) is 0 Å². The summed E-state index contributed by atoms with van der Waals surface area (Å²) < 4.78 is 26.0. The Morgan fingerprint density at radius 2 is 1.79 bits per heavy atom. The van der Waals surface area contributed by atoms with Crippen molar-refractivity contribution in [1.82, 2.24) is 0 Å². The van der Waals surface area contributed by atoms with Crippen molar-refractivity contribution >= 4 is 5.69 Å². The first-order chi connectivity index (χ1) is 9.17. The van der Waals surface area contributed by atoms with Crippen molar-refractivity contribution in [2.75, 3.05) is 11.9 Å². The van der Waals surface area contributed by atoms with Gasteiger partial charge in [0.15, 0.2) is 0 Å². The zero-order valence-electron chi connectivity index (χ0n) is 10.2. The average Bonchev–Trinajstić information content (AvgIpc) is 2.38. The molecule has 2 nitrogen and oxygen atoms in total. The largest absolute Gasteiger partial charge is 0.385 e. The van der Waals surface area contributed by atoms with Gasteiger partial charge in [0, 0.05) is 18.3 Å². The van der Waals surface area contributed by atoms with Crippen LogP contribution < -0.4 is 5.32 Å². The van der Waals surface area contributed by atoms with E-state index in [0.29, 0.717) is 24.1 Å². The lowest BCUT2D eigenvalue weighted by Crippen LogP contribution is -2.05. The summed E-state index contributed by atoms with van der Waals surface area (Å²) in [6, 6.07) is 12.6. The van der Waals surface area contributed by atoms with Gasteiger partial charge in [-0.05, 0) is 42.3 Å². The van der Waals surface area contributed by atoms with Crippen molar-refractivity contribution in [3.63, 3.8) is 0 Å². The van der Waals surface area contributed by atoms with E-state index >= 15 is 0 Å². The summed E-state index contributed by atoms with van der Waals surface area (Å²) >= 11 is 0. The molecule has 0 aliphatic carbocycles. The van der Waals surface area contributed by atoms with Gasteiger partial charge in [0.25, 0.3) is 0 Å². The molecule has 0 amide bonds. The first kappa shape index (κ1) is 13.0.